The predicted octanol–water partition coefficient (Wildman–Crippen LogP) is 7.52. The van der Waals surface area contributed by atoms with E-state index in [1.54, 1.807) is 0 Å². The zero-order chi connectivity index (χ0) is 43.8. The summed E-state index contributed by atoms with van der Waals surface area (Å²) in [6.07, 6.45) is 43.5. The van der Waals surface area contributed by atoms with E-state index in [9.17, 15) is 0 Å². The normalized spacial score (nSPS) is 30.9. The minimum absolute atomic E-state index is 0.225. The number of aryl methyl sites for hydroxylation is 4. The highest BCUT2D eigenvalue weighted by Gasteiger charge is 2.48. The van der Waals surface area contributed by atoms with Crippen molar-refractivity contribution in [3.05, 3.63) is 145 Å². The van der Waals surface area contributed by atoms with Crippen molar-refractivity contribution in [2.24, 2.45) is 0 Å². The summed E-state index contributed by atoms with van der Waals surface area (Å²) < 4.78 is 9.81. The molecule has 5 aliphatic heterocycles. The SMILES string of the molecule is CCCC[n+]1cccc(C2C3C=CC(N3)C(c3ccc[n+](CCCC)c3)C3CCC(N3)C(c3ccc[n+](CCCC)c3)C3C=CC(N3)C(c3ccc[n+](CCCC)c3)C3CCC2N3)c1. The average Bonchev–Trinajstić information content (AvgIpc) is 4.18. The lowest BCUT2D eigenvalue weighted by molar-refractivity contribution is -0.697. The maximum Gasteiger partial charge on any atom is 0.172 e. The molecule has 12 unspecified atom stereocenters. The van der Waals surface area contributed by atoms with Crippen LogP contribution in [0.5, 0.6) is 0 Å². The van der Waals surface area contributed by atoms with E-state index < -0.39 is 0 Å². The van der Waals surface area contributed by atoms with Crippen LogP contribution in [0.3, 0.4) is 0 Å². The Kier molecular flexibility index (Phi) is 15.1. The lowest BCUT2D eigenvalue weighted by Gasteiger charge is -2.37. The molecule has 0 spiro atoms. The van der Waals surface area contributed by atoms with Gasteiger partial charge < -0.3 is 21.3 Å². The molecule has 0 aliphatic carbocycles. The quantitative estimate of drug-likeness (QED) is 0.0696. The maximum absolute atomic E-state index is 4.45. The van der Waals surface area contributed by atoms with Crippen LogP contribution < -0.4 is 39.5 Å². The van der Waals surface area contributed by atoms with E-state index in [2.05, 4.69) is 190 Å². The van der Waals surface area contributed by atoms with Gasteiger partial charge in [0.1, 0.15) is 26.2 Å². The molecule has 340 valence electrons. The smallest absolute Gasteiger partial charge is 0.172 e. The van der Waals surface area contributed by atoms with Gasteiger partial charge in [0.2, 0.25) is 0 Å². The monoisotopic (exact) mass is 865 g/mol. The van der Waals surface area contributed by atoms with E-state index >= 15 is 0 Å². The summed E-state index contributed by atoms with van der Waals surface area (Å²) >= 11 is 0. The number of hydrogen-bond donors (Lipinski definition) is 4. The fourth-order valence-corrected chi connectivity index (χ4v) is 12.4. The Morgan fingerprint density at radius 1 is 0.375 bits per heavy atom. The Balaban J connectivity index is 1.14. The third kappa shape index (κ3) is 10.2. The van der Waals surface area contributed by atoms with Gasteiger partial charge >= 0.3 is 0 Å². The van der Waals surface area contributed by atoms with Gasteiger partial charge in [-0.05, 0) is 49.9 Å². The largest absolute Gasteiger partial charge is 0.310 e. The number of unbranched alkanes of at least 4 members (excludes halogenated alkanes) is 4. The molecule has 64 heavy (non-hydrogen) atoms. The fourth-order valence-electron chi connectivity index (χ4n) is 12.4. The Morgan fingerprint density at radius 3 is 0.859 bits per heavy atom. The highest BCUT2D eigenvalue weighted by atomic mass is 15.1. The van der Waals surface area contributed by atoms with Crippen LogP contribution >= 0.6 is 0 Å². The van der Waals surface area contributed by atoms with Crippen molar-refractivity contribution in [3.63, 3.8) is 0 Å². The van der Waals surface area contributed by atoms with Crippen molar-refractivity contribution in [2.45, 2.75) is 203 Å². The number of fused-ring (bicyclic) bond motifs is 8. The van der Waals surface area contributed by atoms with Crippen LogP contribution in [0.15, 0.2) is 122 Å². The van der Waals surface area contributed by atoms with E-state index in [1.165, 1.54) is 73.6 Å². The molecule has 3 saturated heterocycles. The second kappa shape index (κ2) is 21.5. The summed E-state index contributed by atoms with van der Waals surface area (Å²) in [6.45, 7) is 13.5. The van der Waals surface area contributed by atoms with Crippen LogP contribution in [0, 0.1) is 0 Å². The van der Waals surface area contributed by atoms with Crippen LogP contribution in [0.2, 0.25) is 0 Å². The van der Waals surface area contributed by atoms with Crippen LogP contribution in [0.4, 0.5) is 0 Å². The van der Waals surface area contributed by atoms with Gasteiger partial charge in [-0.25, -0.2) is 18.3 Å². The maximum atomic E-state index is 4.45. The zero-order valence-electron chi connectivity index (χ0n) is 39.6. The summed E-state index contributed by atoms with van der Waals surface area (Å²) in [4.78, 5) is 0. The Hall–Kier alpha value is -4.08. The van der Waals surface area contributed by atoms with E-state index in [-0.39, 0.29) is 24.2 Å². The second-order valence-electron chi connectivity index (χ2n) is 20.1. The van der Waals surface area contributed by atoms with Crippen LogP contribution in [0.25, 0.3) is 0 Å². The first-order chi connectivity index (χ1) is 31.5. The number of rotatable bonds is 16. The lowest BCUT2D eigenvalue weighted by atomic mass is 9.83. The third-order valence-corrected chi connectivity index (χ3v) is 15.7. The van der Waals surface area contributed by atoms with Gasteiger partial charge in [0.15, 0.2) is 49.6 Å². The van der Waals surface area contributed by atoms with Gasteiger partial charge in [-0.2, -0.15) is 0 Å². The van der Waals surface area contributed by atoms with E-state index in [1.807, 2.05) is 0 Å². The van der Waals surface area contributed by atoms with Gasteiger partial charge in [0.05, 0.1) is 0 Å². The molecule has 9 heterocycles. The number of nitrogens with zero attached hydrogens (tertiary/aromatic N) is 4. The number of pyridine rings is 4. The van der Waals surface area contributed by atoms with Crippen molar-refractivity contribution in [1.82, 2.24) is 21.3 Å². The van der Waals surface area contributed by atoms with Gasteiger partial charge in [-0.3, -0.25) is 0 Å². The van der Waals surface area contributed by atoms with Crippen LogP contribution in [0.1, 0.15) is 151 Å². The molecule has 12 atom stereocenters. The molecule has 9 rings (SSSR count). The number of nitrogens with one attached hydrogen (secondary N) is 4. The highest BCUT2D eigenvalue weighted by Crippen LogP contribution is 2.43. The number of aromatic nitrogens is 4. The minimum Gasteiger partial charge on any atom is -0.310 e. The molecule has 8 nitrogen and oxygen atoms in total. The molecular formula is C56H80N8+4. The van der Waals surface area contributed by atoms with Crippen molar-refractivity contribution < 1.29 is 18.3 Å². The summed E-state index contributed by atoms with van der Waals surface area (Å²) in [5.41, 5.74) is 5.79. The Bertz CT molecular complexity index is 1880. The van der Waals surface area contributed by atoms with E-state index in [4.69, 9.17) is 0 Å². The summed E-state index contributed by atoms with van der Waals surface area (Å²) in [5.74, 6) is 1.21. The van der Waals surface area contributed by atoms with Crippen molar-refractivity contribution in [2.75, 3.05) is 0 Å². The number of hydrogen-bond acceptors (Lipinski definition) is 4. The van der Waals surface area contributed by atoms with Crippen LogP contribution in [-0.2, 0) is 26.2 Å². The molecule has 0 amide bonds. The van der Waals surface area contributed by atoms with E-state index in [0.717, 1.165) is 51.9 Å². The molecule has 8 bridgehead atoms. The van der Waals surface area contributed by atoms with Gasteiger partial charge in [-0.15, -0.1) is 0 Å². The predicted molar refractivity (Wildman–Crippen MR) is 257 cm³/mol. The van der Waals surface area contributed by atoms with Crippen LogP contribution in [-0.4, -0.2) is 48.3 Å². The van der Waals surface area contributed by atoms with Gasteiger partial charge in [0.25, 0.3) is 0 Å². The summed E-state index contributed by atoms with van der Waals surface area (Å²) in [5, 5.41) is 17.7. The molecule has 3 fully saturated rings. The zero-order valence-corrected chi connectivity index (χ0v) is 39.6. The first-order valence-corrected chi connectivity index (χ1v) is 25.9. The fraction of sp³-hybridized carbons (Fsp3) is 0.571. The molecule has 0 aromatic carbocycles. The lowest BCUT2D eigenvalue weighted by Crippen LogP contribution is -2.53. The average molecular weight is 865 g/mol. The molecule has 4 N–H and O–H groups in total. The topological polar surface area (TPSA) is 63.6 Å². The van der Waals surface area contributed by atoms with Crippen molar-refractivity contribution >= 4 is 0 Å². The molecule has 5 aliphatic rings. The Labute approximate surface area is 385 Å². The first-order valence-electron chi connectivity index (χ1n) is 25.9. The molecule has 8 heteroatoms. The molecule has 4 aromatic heterocycles. The third-order valence-electron chi connectivity index (χ3n) is 15.7. The summed E-state index contributed by atoms with van der Waals surface area (Å²) in [6, 6.07) is 21.2. The van der Waals surface area contributed by atoms with Crippen molar-refractivity contribution in [3.8, 4) is 0 Å². The molecule has 0 radical (unpaired) electrons. The Morgan fingerprint density at radius 2 is 0.625 bits per heavy atom. The van der Waals surface area contributed by atoms with Crippen molar-refractivity contribution in [1.29, 1.82) is 0 Å². The molecule has 4 aromatic rings. The first kappa shape index (κ1) is 45.1. The standard InChI is InChI=1S/C56H80N8/c1-5-9-29-61-33-13-17-41(37-61)53-45-21-23-47(57-45)54(42-18-14-34-62(38-42)30-10-6-2)49-25-27-51(59-49)56(44-20-16-36-64(40-44)32-12-8-4)52-28-26-50(60-52)55(48-24-22-46(53)58-48)43-19-15-35-63(39-43)31-11-7-3/h13-21,23,26,28,33-40,45-60H,5-12,22,24-25,27,29-32H2,1-4H3/q+4. The highest BCUT2D eigenvalue weighted by molar-refractivity contribution is 5.34. The van der Waals surface area contributed by atoms with E-state index in [0.29, 0.717) is 47.8 Å². The summed E-state index contributed by atoms with van der Waals surface area (Å²) in [7, 11) is 0. The minimum atomic E-state index is 0.225. The van der Waals surface area contributed by atoms with Gasteiger partial charge in [0, 0.05) is 144 Å². The molecule has 0 saturated carbocycles. The van der Waals surface area contributed by atoms with Gasteiger partial charge in [-0.1, -0.05) is 77.7 Å². The molecular weight excluding hydrogens is 785 g/mol. The second-order valence-corrected chi connectivity index (χ2v) is 20.1.